The van der Waals surface area contributed by atoms with E-state index in [1.54, 1.807) is 22.5 Å². The topological polar surface area (TPSA) is 97.7 Å². The first-order chi connectivity index (χ1) is 18.1. The third-order valence-electron chi connectivity index (χ3n) is 7.03. The van der Waals surface area contributed by atoms with Gasteiger partial charge in [0.05, 0.1) is 19.6 Å². The van der Waals surface area contributed by atoms with E-state index in [9.17, 15) is 13.9 Å². The minimum absolute atomic E-state index is 0.0407. The summed E-state index contributed by atoms with van der Waals surface area (Å²) in [4.78, 5) is 12.9. The van der Waals surface area contributed by atoms with Gasteiger partial charge in [0.25, 0.3) is 0 Å². The highest BCUT2D eigenvalue weighted by Crippen LogP contribution is 2.57. The van der Waals surface area contributed by atoms with E-state index in [-0.39, 0.29) is 24.4 Å². The van der Waals surface area contributed by atoms with Crippen LogP contribution in [0.2, 0.25) is 0 Å². The Morgan fingerprint density at radius 3 is 2.71 bits per heavy atom. The molecule has 0 bridgehead atoms. The zero-order chi connectivity index (χ0) is 27.4. The molecule has 0 aromatic heterocycles. The van der Waals surface area contributed by atoms with E-state index >= 15 is 0 Å². The fourth-order valence-electron chi connectivity index (χ4n) is 5.02. The SMILES string of the molecule is CCOC(=O)CC(CCC1=CN(C)NN1C)c1ccc(C)c(CN2CC(C)Oc3ccccc3S2(O)O)c1. The number of para-hydroxylation sites is 1. The average molecular weight is 545 g/mol. The number of ether oxygens (including phenoxy) is 2. The van der Waals surface area contributed by atoms with Crippen LogP contribution in [0.25, 0.3) is 0 Å². The molecule has 2 aliphatic rings. The van der Waals surface area contributed by atoms with Gasteiger partial charge in [0.2, 0.25) is 0 Å². The number of allylic oxidation sites excluding steroid dienone is 1. The van der Waals surface area contributed by atoms with E-state index in [1.807, 2.05) is 57.2 Å². The van der Waals surface area contributed by atoms with Gasteiger partial charge in [-0.25, -0.2) is 0 Å². The monoisotopic (exact) mass is 544 g/mol. The number of esters is 1. The van der Waals surface area contributed by atoms with Crippen molar-refractivity contribution in [3.63, 3.8) is 0 Å². The Morgan fingerprint density at radius 2 is 2.00 bits per heavy atom. The molecule has 0 fully saturated rings. The molecule has 9 nitrogen and oxygen atoms in total. The molecule has 208 valence electrons. The van der Waals surface area contributed by atoms with Crippen molar-refractivity contribution in [2.75, 3.05) is 27.2 Å². The first-order valence-corrected chi connectivity index (χ1v) is 14.6. The second-order valence-corrected chi connectivity index (χ2v) is 12.0. The predicted octanol–water partition coefficient (Wildman–Crippen LogP) is 5.26. The summed E-state index contributed by atoms with van der Waals surface area (Å²) in [6.45, 7) is 6.84. The third kappa shape index (κ3) is 6.44. The predicted molar refractivity (Wildman–Crippen MR) is 149 cm³/mol. The number of fused-ring (bicyclic) bond motifs is 1. The molecule has 0 saturated carbocycles. The fourth-order valence-corrected chi connectivity index (χ4v) is 6.68. The Bertz CT molecular complexity index is 1170. The van der Waals surface area contributed by atoms with Crippen LogP contribution in [-0.2, 0) is 16.1 Å². The Morgan fingerprint density at radius 1 is 1.24 bits per heavy atom. The molecule has 2 aromatic carbocycles. The molecule has 2 atom stereocenters. The molecule has 0 spiro atoms. The molecular weight excluding hydrogens is 504 g/mol. The Balaban J connectivity index is 1.60. The van der Waals surface area contributed by atoms with Gasteiger partial charge in [0, 0.05) is 32.5 Å². The molecule has 2 unspecified atom stereocenters. The normalized spacial score (nSPS) is 20.7. The van der Waals surface area contributed by atoms with Gasteiger partial charge in [-0.3, -0.25) is 23.9 Å². The van der Waals surface area contributed by atoms with Gasteiger partial charge >= 0.3 is 5.97 Å². The van der Waals surface area contributed by atoms with Crippen LogP contribution < -0.4 is 10.3 Å². The van der Waals surface area contributed by atoms with Gasteiger partial charge in [0.1, 0.15) is 16.7 Å². The van der Waals surface area contributed by atoms with Gasteiger partial charge in [-0.15, -0.1) is 16.3 Å². The van der Waals surface area contributed by atoms with Crippen molar-refractivity contribution >= 4 is 16.7 Å². The van der Waals surface area contributed by atoms with Crippen LogP contribution >= 0.6 is 10.8 Å². The maximum absolute atomic E-state index is 12.5. The van der Waals surface area contributed by atoms with Crippen molar-refractivity contribution in [2.45, 2.75) is 63.5 Å². The first-order valence-electron chi connectivity index (χ1n) is 13.1. The Hall–Kier alpha value is -2.76. The van der Waals surface area contributed by atoms with Crippen molar-refractivity contribution < 1.29 is 23.4 Å². The van der Waals surface area contributed by atoms with E-state index in [2.05, 4.69) is 23.7 Å². The number of hydrazine groups is 2. The molecule has 3 N–H and O–H groups in total. The molecule has 2 aliphatic heterocycles. The summed E-state index contributed by atoms with van der Waals surface area (Å²) in [6, 6.07) is 13.4. The lowest BCUT2D eigenvalue weighted by atomic mass is 9.88. The molecular formula is C28H40N4O5S. The number of carbonyl (C=O) groups is 1. The molecule has 4 rings (SSSR count). The lowest BCUT2D eigenvalue weighted by Gasteiger charge is -2.42. The zero-order valence-electron chi connectivity index (χ0n) is 22.9. The number of carbonyl (C=O) groups excluding carboxylic acids is 1. The van der Waals surface area contributed by atoms with Crippen molar-refractivity contribution in [2.24, 2.45) is 0 Å². The number of nitrogens with zero attached hydrogens (tertiary/aromatic N) is 3. The van der Waals surface area contributed by atoms with Gasteiger partial charge < -0.3 is 9.47 Å². The number of nitrogens with one attached hydrogen (secondary N) is 1. The summed E-state index contributed by atoms with van der Waals surface area (Å²) in [5, 5.41) is 3.88. The summed E-state index contributed by atoms with van der Waals surface area (Å²) in [7, 11) is 0.672. The van der Waals surface area contributed by atoms with Crippen LogP contribution in [0.1, 0.15) is 55.7 Å². The van der Waals surface area contributed by atoms with Gasteiger partial charge in [-0.1, -0.05) is 30.3 Å². The minimum Gasteiger partial charge on any atom is -0.487 e. The molecule has 38 heavy (non-hydrogen) atoms. The zero-order valence-corrected chi connectivity index (χ0v) is 23.7. The van der Waals surface area contributed by atoms with Crippen molar-refractivity contribution in [1.29, 1.82) is 0 Å². The second-order valence-electron chi connectivity index (χ2n) is 10.0. The van der Waals surface area contributed by atoms with E-state index in [1.165, 1.54) is 0 Å². The van der Waals surface area contributed by atoms with Gasteiger partial charge in [0.15, 0.2) is 0 Å². The summed E-state index contributed by atoms with van der Waals surface area (Å²) in [5.74, 6) is 0.253. The molecule has 2 aromatic rings. The van der Waals surface area contributed by atoms with E-state index in [4.69, 9.17) is 9.47 Å². The molecule has 0 radical (unpaired) electrons. The molecule has 0 aliphatic carbocycles. The highest BCUT2D eigenvalue weighted by Gasteiger charge is 2.34. The van der Waals surface area contributed by atoms with Crippen LogP contribution in [0.5, 0.6) is 5.75 Å². The summed E-state index contributed by atoms with van der Waals surface area (Å²) < 4.78 is 35.7. The van der Waals surface area contributed by atoms with Crippen LogP contribution in [0.15, 0.2) is 59.3 Å². The van der Waals surface area contributed by atoms with E-state index < -0.39 is 10.8 Å². The van der Waals surface area contributed by atoms with Crippen LogP contribution in [0.3, 0.4) is 0 Å². The summed E-state index contributed by atoms with van der Waals surface area (Å²) in [6.07, 6.45) is 3.68. The average Bonchev–Trinajstić information content (AvgIpc) is 3.14. The largest absolute Gasteiger partial charge is 0.487 e. The Labute approximate surface area is 227 Å². The number of benzene rings is 2. The number of hydrogen-bond donors (Lipinski definition) is 3. The van der Waals surface area contributed by atoms with Crippen LogP contribution in [-0.4, -0.2) is 62.7 Å². The summed E-state index contributed by atoms with van der Waals surface area (Å²) >= 11 is 0. The smallest absolute Gasteiger partial charge is 0.306 e. The number of hydrogen-bond acceptors (Lipinski definition) is 9. The molecule has 10 heteroatoms. The van der Waals surface area contributed by atoms with Crippen molar-refractivity contribution in [1.82, 2.24) is 19.9 Å². The second kappa shape index (κ2) is 12.0. The standard InChI is InChI=1S/C28H40N4O5S/c1-6-36-28(33)16-23(13-14-25-19-30(4)29-31(25)5)22-12-11-20(2)24(15-22)18-32-17-21(3)37-26-9-7-8-10-27(26)38(32,34)35/h7-12,15,19,21,23,29,34-35H,6,13-14,16-18H2,1-5H3. The minimum atomic E-state index is -3.25. The first kappa shape index (κ1) is 28.3. The molecule has 0 amide bonds. The highest BCUT2D eigenvalue weighted by molar-refractivity contribution is 8.22. The van der Waals surface area contributed by atoms with Crippen molar-refractivity contribution in [3.8, 4) is 5.75 Å². The van der Waals surface area contributed by atoms with E-state index in [0.29, 0.717) is 30.3 Å². The van der Waals surface area contributed by atoms with Gasteiger partial charge in [-0.05, 0) is 68.4 Å². The highest BCUT2D eigenvalue weighted by atomic mass is 32.3. The maximum Gasteiger partial charge on any atom is 0.306 e. The third-order valence-corrected chi connectivity index (χ3v) is 8.96. The molecule has 2 heterocycles. The maximum atomic E-state index is 12.5. The van der Waals surface area contributed by atoms with Crippen LogP contribution in [0, 0.1) is 6.92 Å². The number of aryl methyl sites for hydroxylation is 1. The van der Waals surface area contributed by atoms with Crippen molar-refractivity contribution in [3.05, 3.63) is 71.1 Å². The molecule has 0 saturated heterocycles. The lowest BCUT2D eigenvalue weighted by Crippen LogP contribution is -2.35. The quantitative estimate of drug-likeness (QED) is 0.365. The number of rotatable bonds is 9. The summed E-state index contributed by atoms with van der Waals surface area (Å²) in [5.41, 5.74) is 7.41. The van der Waals surface area contributed by atoms with E-state index in [0.717, 1.165) is 35.2 Å². The van der Waals surface area contributed by atoms with Crippen LogP contribution in [0.4, 0.5) is 0 Å². The fraction of sp³-hybridized carbons (Fsp3) is 0.464. The lowest BCUT2D eigenvalue weighted by molar-refractivity contribution is -0.143. The van der Waals surface area contributed by atoms with Gasteiger partial charge in [-0.2, -0.15) is 4.31 Å². The Kier molecular flexibility index (Phi) is 8.89.